The number of sulfonamides is 1. The van der Waals surface area contributed by atoms with Gasteiger partial charge in [-0.1, -0.05) is 66.7 Å². The molecule has 1 heterocycles. The van der Waals surface area contributed by atoms with Gasteiger partial charge in [0.25, 0.3) is 5.91 Å². The largest absolute Gasteiger partial charge is 0.495 e. The zero-order valence-electron chi connectivity index (χ0n) is 20.7. The van der Waals surface area contributed by atoms with E-state index in [1.54, 1.807) is 66.7 Å². The van der Waals surface area contributed by atoms with Gasteiger partial charge in [0.2, 0.25) is 10.0 Å². The number of rotatable bonds is 8. The van der Waals surface area contributed by atoms with Crippen LogP contribution >= 0.6 is 0 Å². The van der Waals surface area contributed by atoms with Crippen LogP contribution in [0.4, 0.5) is 11.4 Å². The highest BCUT2D eigenvalue weighted by molar-refractivity contribution is 7.89. The fourth-order valence-corrected chi connectivity index (χ4v) is 5.99. The highest BCUT2D eigenvalue weighted by Crippen LogP contribution is 2.39. The van der Waals surface area contributed by atoms with E-state index in [0.717, 1.165) is 11.1 Å². The Bertz CT molecular complexity index is 1530. The molecule has 0 saturated heterocycles. The van der Waals surface area contributed by atoms with Crippen molar-refractivity contribution in [2.75, 3.05) is 24.4 Å². The summed E-state index contributed by atoms with van der Waals surface area (Å²) in [5, 5.41) is 6.15. The number of carbonyl (C=O) groups excluding carboxylic acids is 1. The molecule has 0 radical (unpaired) electrons. The molecule has 2 N–H and O–H groups in total. The maximum absolute atomic E-state index is 13.6. The first kappa shape index (κ1) is 25.3. The van der Waals surface area contributed by atoms with Gasteiger partial charge in [0.05, 0.1) is 18.5 Å². The summed E-state index contributed by atoms with van der Waals surface area (Å²) in [7, 11) is -2.23. The van der Waals surface area contributed by atoms with Crippen molar-refractivity contribution >= 4 is 27.3 Å². The van der Waals surface area contributed by atoms with Crippen LogP contribution in [-0.4, -0.2) is 32.3 Å². The van der Waals surface area contributed by atoms with Gasteiger partial charge in [0, 0.05) is 6.54 Å². The lowest BCUT2D eigenvalue weighted by atomic mass is 10.1. The van der Waals surface area contributed by atoms with Crippen LogP contribution in [0.5, 0.6) is 11.5 Å². The highest BCUT2D eigenvalue weighted by atomic mass is 32.2. The summed E-state index contributed by atoms with van der Waals surface area (Å²) >= 11 is 0. The molecule has 38 heavy (non-hydrogen) atoms. The third-order valence-corrected chi connectivity index (χ3v) is 8.05. The predicted octanol–water partition coefficient (Wildman–Crippen LogP) is 5.03. The Morgan fingerprint density at radius 1 is 0.895 bits per heavy atom. The number of nitrogens with zero attached hydrogens (tertiary/aromatic N) is 1. The van der Waals surface area contributed by atoms with Gasteiger partial charge in [-0.3, -0.25) is 4.79 Å². The molecule has 194 valence electrons. The summed E-state index contributed by atoms with van der Waals surface area (Å²) in [6.07, 6.45) is -0.627. The first-order valence-electron chi connectivity index (χ1n) is 12.0. The Labute approximate surface area is 221 Å². The van der Waals surface area contributed by atoms with Gasteiger partial charge < -0.3 is 20.1 Å². The molecule has 0 unspecified atom stereocenters. The molecular formula is C29H27N3O5S. The van der Waals surface area contributed by atoms with Crippen LogP contribution in [0.2, 0.25) is 0 Å². The number of carbonyl (C=O) groups is 1. The van der Waals surface area contributed by atoms with Crippen LogP contribution in [0.1, 0.15) is 17.3 Å². The molecule has 1 aliphatic heterocycles. The zero-order chi connectivity index (χ0) is 26.5. The first-order valence-corrected chi connectivity index (χ1v) is 13.5. The van der Waals surface area contributed by atoms with E-state index in [0.29, 0.717) is 22.9 Å². The zero-order valence-corrected chi connectivity index (χ0v) is 21.5. The molecule has 1 atom stereocenters. The summed E-state index contributed by atoms with van der Waals surface area (Å²) in [6.45, 7) is 0.0114. The third kappa shape index (κ3) is 5.34. The smallest absolute Gasteiger partial charge is 0.262 e. The minimum Gasteiger partial charge on any atom is -0.495 e. The van der Waals surface area contributed by atoms with Crippen LogP contribution in [-0.2, 0) is 21.4 Å². The number of ether oxygens (including phenoxy) is 2. The Balaban J connectivity index is 1.33. The average molecular weight is 530 g/mol. The lowest BCUT2D eigenvalue weighted by molar-refractivity contribution is -0.118. The summed E-state index contributed by atoms with van der Waals surface area (Å²) in [5.74, 6) is 0.712. The van der Waals surface area contributed by atoms with E-state index in [1.807, 2.05) is 36.4 Å². The molecule has 1 aliphatic rings. The number of amides is 1. The standard InChI is InChI=1S/C29H27N3O5S/c1-36-26-13-7-5-11-24(26)30-28(33)20-37-23-17-15-22(16-18-23)29-31-25-12-6-8-14-27(25)38(34,35)32(29)19-21-9-3-2-4-10-21/h2-18,29,31H,19-20H2,1H3,(H,30,33)/t29-/m1/s1. The summed E-state index contributed by atoms with van der Waals surface area (Å²) < 4.78 is 39.7. The minimum absolute atomic E-state index is 0.193. The summed E-state index contributed by atoms with van der Waals surface area (Å²) in [4.78, 5) is 12.6. The van der Waals surface area contributed by atoms with E-state index in [9.17, 15) is 13.2 Å². The van der Waals surface area contributed by atoms with Crippen molar-refractivity contribution in [3.05, 3.63) is 114 Å². The second kappa shape index (κ2) is 11.0. The van der Waals surface area contributed by atoms with Crippen LogP contribution in [0, 0.1) is 0 Å². The van der Waals surface area contributed by atoms with Crippen molar-refractivity contribution in [1.82, 2.24) is 4.31 Å². The number of nitrogens with one attached hydrogen (secondary N) is 2. The van der Waals surface area contributed by atoms with E-state index in [1.165, 1.54) is 11.4 Å². The van der Waals surface area contributed by atoms with E-state index >= 15 is 0 Å². The summed E-state index contributed by atoms with van der Waals surface area (Å²) in [6, 6.07) is 30.5. The van der Waals surface area contributed by atoms with E-state index in [2.05, 4.69) is 10.6 Å². The van der Waals surface area contributed by atoms with Crippen molar-refractivity contribution in [3.63, 3.8) is 0 Å². The molecule has 4 aromatic rings. The number of fused-ring (bicyclic) bond motifs is 1. The lowest BCUT2D eigenvalue weighted by Gasteiger charge is -2.37. The number of hydrogen-bond acceptors (Lipinski definition) is 6. The lowest BCUT2D eigenvalue weighted by Crippen LogP contribution is -2.42. The van der Waals surface area contributed by atoms with Gasteiger partial charge in [0.15, 0.2) is 6.61 Å². The minimum atomic E-state index is -3.77. The molecule has 8 nitrogen and oxygen atoms in total. The quantitative estimate of drug-likeness (QED) is 0.332. The molecule has 0 spiro atoms. The number of para-hydroxylation sites is 3. The summed E-state index contributed by atoms with van der Waals surface area (Å²) in [5.41, 5.74) is 2.73. The number of methoxy groups -OCH3 is 1. The van der Waals surface area contributed by atoms with Crippen LogP contribution in [0.3, 0.4) is 0 Å². The van der Waals surface area contributed by atoms with Crippen LogP contribution < -0.4 is 20.1 Å². The fraction of sp³-hybridized carbons (Fsp3) is 0.138. The average Bonchev–Trinajstić information content (AvgIpc) is 2.94. The van der Waals surface area contributed by atoms with Gasteiger partial charge in [-0.15, -0.1) is 0 Å². The molecule has 0 fully saturated rings. The SMILES string of the molecule is COc1ccccc1NC(=O)COc1ccc([C@@H]2Nc3ccccc3S(=O)(=O)N2Cc2ccccc2)cc1. The monoisotopic (exact) mass is 529 g/mol. The molecule has 0 saturated carbocycles. The second-order valence-corrected chi connectivity index (χ2v) is 10.5. The van der Waals surface area contributed by atoms with Gasteiger partial charge >= 0.3 is 0 Å². The maximum Gasteiger partial charge on any atom is 0.262 e. The molecule has 4 aromatic carbocycles. The van der Waals surface area contributed by atoms with Crippen molar-refractivity contribution in [2.24, 2.45) is 0 Å². The maximum atomic E-state index is 13.6. The Kier molecular flexibility index (Phi) is 7.30. The predicted molar refractivity (Wildman–Crippen MR) is 146 cm³/mol. The molecule has 0 aromatic heterocycles. The van der Waals surface area contributed by atoms with Crippen molar-refractivity contribution in [2.45, 2.75) is 17.6 Å². The van der Waals surface area contributed by atoms with Gasteiger partial charge in [-0.25, -0.2) is 8.42 Å². The molecule has 0 bridgehead atoms. The van der Waals surface area contributed by atoms with Crippen molar-refractivity contribution < 1.29 is 22.7 Å². The molecule has 5 rings (SSSR count). The first-order chi connectivity index (χ1) is 18.5. The van der Waals surface area contributed by atoms with Crippen LogP contribution in [0.15, 0.2) is 108 Å². The Hall–Kier alpha value is -4.34. The molecule has 0 aliphatic carbocycles. The van der Waals surface area contributed by atoms with E-state index in [4.69, 9.17) is 9.47 Å². The number of hydrogen-bond donors (Lipinski definition) is 2. The van der Waals surface area contributed by atoms with Gasteiger partial charge in [0.1, 0.15) is 22.6 Å². The highest BCUT2D eigenvalue weighted by Gasteiger charge is 2.38. The van der Waals surface area contributed by atoms with Crippen molar-refractivity contribution in [1.29, 1.82) is 0 Å². The molecular weight excluding hydrogens is 502 g/mol. The van der Waals surface area contributed by atoms with Gasteiger partial charge in [-0.2, -0.15) is 4.31 Å². The molecule has 9 heteroatoms. The second-order valence-electron chi connectivity index (χ2n) is 8.69. The topological polar surface area (TPSA) is 97.0 Å². The Morgan fingerprint density at radius 3 is 2.34 bits per heavy atom. The van der Waals surface area contributed by atoms with E-state index in [-0.39, 0.29) is 24.0 Å². The Morgan fingerprint density at radius 2 is 1.58 bits per heavy atom. The number of benzene rings is 4. The third-order valence-electron chi connectivity index (χ3n) is 6.18. The molecule has 1 amide bonds. The van der Waals surface area contributed by atoms with Crippen LogP contribution in [0.25, 0.3) is 0 Å². The normalized spacial score (nSPS) is 16.1. The fourth-order valence-electron chi connectivity index (χ4n) is 4.31. The number of anilines is 2. The van der Waals surface area contributed by atoms with Gasteiger partial charge in [-0.05, 0) is 47.5 Å². The van der Waals surface area contributed by atoms with Crippen molar-refractivity contribution in [3.8, 4) is 11.5 Å². The van der Waals surface area contributed by atoms with E-state index < -0.39 is 16.2 Å².